The standard InChI is InChI=1S/C65H38N6O/c1-66-59-61(70-54-35-16-10-27-44(54)45-28-11-17-36-55(45)70)60(69-52-33-14-8-25-42(52)43-26-9-15-34-53(43)69)58-48-31-20-32-49(65-67-50(40-21-4-2-5-22-40)39-51(68-65)41-23-6-3-7-24-41)63(48)72-64(58)62(59)71-56-37-18-12-29-46(56)47-30-13-19-38-57(47)71/h2-39H. The summed E-state index contributed by atoms with van der Waals surface area (Å²) in [7, 11) is 0. The maximum absolute atomic E-state index is 9.64. The highest BCUT2D eigenvalue weighted by molar-refractivity contribution is 6.23. The molecular formula is C65H38N6O. The molecule has 0 unspecified atom stereocenters. The first kappa shape index (κ1) is 39.9. The molecule has 0 aliphatic rings. The number of para-hydroxylation sites is 7. The number of hydrogen-bond donors (Lipinski definition) is 0. The average molecular weight is 919 g/mol. The summed E-state index contributed by atoms with van der Waals surface area (Å²) in [5, 5.41) is 8.31. The van der Waals surface area contributed by atoms with E-state index in [-0.39, 0.29) is 0 Å². The molecule has 334 valence electrons. The number of aromatic nitrogens is 5. The van der Waals surface area contributed by atoms with Crippen molar-refractivity contribution in [3.8, 4) is 51.0 Å². The zero-order chi connectivity index (χ0) is 47.4. The fourth-order valence-electron chi connectivity index (χ4n) is 11.5. The van der Waals surface area contributed by atoms with E-state index in [0.29, 0.717) is 28.4 Å². The number of fused-ring (bicyclic) bond motifs is 12. The van der Waals surface area contributed by atoms with E-state index in [9.17, 15) is 6.57 Å². The highest BCUT2D eigenvalue weighted by Gasteiger charge is 2.33. The lowest BCUT2D eigenvalue weighted by Crippen LogP contribution is -2.07. The van der Waals surface area contributed by atoms with Gasteiger partial charge in [0.2, 0.25) is 5.69 Å². The molecule has 0 bridgehead atoms. The van der Waals surface area contributed by atoms with E-state index < -0.39 is 0 Å². The summed E-state index contributed by atoms with van der Waals surface area (Å²) in [5.74, 6) is 0.532. The summed E-state index contributed by atoms with van der Waals surface area (Å²) < 4.78 is 14.6. The van der Waals surface area contributed by atoms with Crippen molar-refractivity contribution in [2.45, 2.75) is 0 Å². The van der Waals surface area contributed by atoms with Gasteiger partial charge in [-0.1, -0.05) is 182 Å². The Morgan fingerprint density at radius 1 is 0.347 bits per heavy atom. The maximum Gasteiger partial charge on any atom is 0.239 e. The quantitative estimate of drug-likeness (QED) is 0.156. The number of nitrogens with zero attached hydrogens (tertiary/aromatic N) is 6. The Morgan fingerprint density at radius 2 is 0.708 bits per heavy atom. The van der Waals surface area contributed by atoms with E-state index in [1.807, 2.05) is 36.4 Å². The third kappa shape index (κ3) is 5.66. The van der Waals surface area contributed by atoms with Gasteiger partial charge in [0, 0.05) is 48.8 Å². The second-order valence-electron chi connectivity index (χ2n) is 18.3. The van der Waals surface area contributed by atoms with Crippen molar-refractivity contribution in [2.75, 3.05) is 0 Å². The van der Waals surface area contributed by atoms with Gasteiger partial charge in [-0.3, -0.25) is 0 Å². The van der Waals surface area contributed by atoms with Gasteiger partial charge in [-0.25, -0.2) is 14.8 Å². The first-order valence-corrected chi connectivity index (χ1v) is 24.1. The van der Waals surface area contributed by atoms with E-state index in [0.717, 1.165) is 116 Å². The Hall–Kier alpha value is -10.0. The van der Waals surface area contributed by atoms with Crippen LogP contribution in [0.4, 0.5) is 5.69 Å². The van der Waals surface area contributed by atoms with Crippen molar-refractivity contribution in [1.29, 1.82) is 0 Å². The Kier molecular flexibility index (Phi) is 8.59. The first-order chi connectivity index (χ1) is 35.7. The lowest BCUT2D eigenvalue weighted by atomic mass is 10.0. The third-order valence-corrected chi connectivity index (χ3v) is 14.5. The molecule has 15 rings (SSSR count). The molecule has 5 aromatic heterocycles. The van der Waals surface area contributed by atoms with E-state index in [2.05, 4.69) is 208 Å². The van der Waals surface area contributed by atoms with E-state index in [1.165, 1.54) is 0 Å². The Balaban J connectivity index is 1.20. The van der Waals surface area contributed by atoms with E-state index >= 15 is 0 Å². The normalized spacial score (nSPS) is 11.9. The molecule has 0 aliphatic carbocycles. The van der Waals surface area contributed by atoms with Crippen molar-refractivity contribution >= 4 is 93.0 Å². The average Bonchev–Trinajstić information content (AvgIpc) is 4.20. The van der Waals surface area contributed by atoms with Crippen LogP contribution in [0.15, 0.2) is 235 Å². The molecule has 15 aromatic rings. The molecule has 0 spiro atoms. The molecule has 0 saturated carbocycles. The molecule has 10 aromatic carbocycles. The summed E-state index contributed by atoms with van der Waals surface area (Å²) >= 11 is 0. The van der Waals surface area contributed by atoms with Gasteiger partial charge in [0.25, 0.3) is 0 Å². The fraction of sp³-hybridized carbons (Fsp3) is 0. The molecule has 0 saturated heterocycles. The van der Waals surface area contributed by atoms with Gasteiger partial charge >= 0.3 is 0 Å². The first-order valence-electron chi connectivity index (χ1n) is 24.1. The number of rotatable bonds is 6. The predicted molar refractivity (Wildman–Crippen MR) is 295 cm³/mol. The summed E-state index contributed by atoms with van der Waals surface area (Å²) in [6, 6.07) is 80.1. The van der Waals surface area contributed by atoms with Crippen molar-refractivity contribution in [3.63, 3.8) is 0 Å². The van der Waals surface area contributed by atoms with Gasteiger partial charge in [-0.15, -0.1) is 0 Å². The van der Waals surface area contributed by atoms with Crippen LogP contribution < -0.4 is 0 Å². The van der Waals surface area contributed by atoms with Crippen LogP contribution in [0.3, 0.4) is 0 Å². The van der Waals surface area contributed by atoms with Gasteiger partial charge in [0.15, 0.2) is 11.4 Å². The van der Waals surface area contributed by atoms with E-state index in [1.54, 1.807) is 0 Å². The Morgan fingerprint density at radius 3 is 1.12 bits per heavy atom. The fourth-order valence-corrected chi connectivity index (χ4v) is 11.5. The minimum Gasteiger partial charge on any atom is -0.454 e. The molecular weight excluding hydrogens is 881 g/mol. The predicted octanol–water partition coefficient (Wildman–Crippen LogP) is 17.2. The smallest absolute Gasteiger partial charge is 0.239 e. The third-order valence-electron chi connectivity index (χ3n) is 14.5. The molecule has 5 heterocycles. The van der Waals surface area contributed by atoms with Gasteiger partial charge in [-0.05, 0) is 48.5 Å². The minimum atomic E-state index is 0.451. The lowest BCUT2D eigenvalue weighted by Gasteiger charge is -2.23. The number of benzene rings is 10. The molecule has 7 heteroatoms. The second kappa shape index (κ2) is 15.5. The lowest BCUT2D eigenvalue weighted by molar-refractivity contribution is 0.667. The topological polar surface area (TPSA) is 58.1 Å². The maximum atomic E-state index is 9.64. The zero-order valence-electron chi connectivity index (χ0n) is 38.5. The molecule has 0 radical (unpaired) electrons. The molecule has 0 fully saturated rings. The van der Waals surface area contributed by atoms with Crippen LogP contribution in [0.25, 0.3) is 143 Å². The SMILES string of the molecule is [C-]#[N+]c1c(-n2c3ccccc3c3ccccc32)c(-n2c3ccccc3c3ccccc32)c2c(oc3c(-c4nc(-c5ccccc5)cc(-c5ccccc5)n4)cccc32)c1-n1c2ccccc2c2ccccc21. The van der Waals surface area contributed by atoms with E-state index in [4.69, 9.17) is 19.2 Å². The summed E-state index contributed by atoms with van der Waals surface area (Å²) in [6.45, 7) is 9.64. The molecule has 0 atom stereocenters. The van der Waals surface area contributed by atoms with Gasteiger partial charge < -0.3 is 18.1 Å². The molecule has 72 heavy (non-hydrogen) atoms. The minimum absolute atomic E-state index is 0.451. The summed E-state index contributed by atoms with van der Waals surface area (Å²) in [6.07, 6.45) is 0. The van der Waals surface area contributed by atoms with Crippen LogP contribution in [-0.4, -0.2) is 23.7 Å². The van der Waals surface area contributed by atoms with Crippen LogP contribution >= 0.6 is 0 Å². The van der Waals surface area contributed by atoms with Crippen LogP contribution in [-0.2, 0) is 0 Å². The highest BCUT2D eigenvalue weighted by atomic mass is 16.3. The number of furan rings is 1. The van der Waals surface area contributed by atoms with Crippen LogP contribution in [0.2, 0.25) is 0 Å². The zero-order valence-corrected chi connectivity index (χ0v) is 38.5. The Labute approximate surface area is 412 Å². The van der Waals surface area contributed by atoms with Gasteiger partial charge in [0.1, 0.15) is 5.58 Å². The molecule has 0 amide bonds. The molecule has 7 nitrogen and oxygen atoms in total. The van der Waals surface area contributed by atoms with Gasteiger partial charge in [0.05, 0.1) is 79.1 Å². The van der Waals surface area contributed by atoms with Crippen LogP contribution in [0.1, 0.15) is 0 Å². The van der Waals surface area contributed by atoms with Gasteiger partial charge in [-0.2, -0.15) is 0 Å². The molecule has 0 aliphatic heterocycles. The van der Waals surface area contributed by atoms with Crippen LogP contribution in [0.5, 0.6) is 0 Å². The highest BCUT2D eigenvalue weighted by Crippen LogP contribution is 2.53. The van der Waals surface area contributed by atoms with Crippen molar-refractivity contribution in [2.24, 2.45) is 0 Å². The second-order valence-corrected chi connectivity index (χ2v) is 18.3. The van der Waals surface area contributed by atoms with Crippen molar-refractivity contribution in [3.05, 3.63) is 242 Å². The summed E-state index contributed by atoms with van der Waals surface area (Å²) in [5.41, 5.74) is 14.1. The summed E-state index contributed by atoms with van der Waals surface area (Å²) in [4.78, 5) is 15.5. The monoisotopic (exact) mass is 918 g/mol. The largest absolute Gasteiger partial charge is 0.454 e. The van der Waals surface area contributed by atoms with Crippen LogP contribution in [0, 0.1) is 6.57 Å². The molecule has 0 N–H and O–H groups in total. The number of hydrogen-bond acceptors (Lipinski definition) is 3. The van der Waals surface area contributed by atoms with Crippen molar-refractivity contribution in [1.82, 2.24) is 23.7 Å². The Bertz CT molecular complexity index is 4540. The van der Waals surface area contributed by atoms with Crippen molar-refractivity contribution < 1.29 is 4.42 Å².